The number of nitrogens with one attached hydrogen (secondary N) is 2. The van der Waals surface area contributed by atoms with E-state index < -0.39 is 41.9 Å². The monoisotopic (exact) mass is 854 g/mol. The Morgan fingerprint density at radius 2 is 1.84 bits per heavy atom. The van der Waals surface area contributed by atoms with E-state index in [1.807, 2.05) is 6.07 Å². The molecule has 2 saturated carbocycles. The molecule has 328 valence electrons. The lowest BCUT2D eigenvalue weighted by Gasteiger charge is -2.31. The molecule has 3 aromatic heterocycles. The van der Waals surface area contributed by atoms with Crippen LogP contribution in [0, 0.1) is 11.8 Å². The summed E-state index contributed by atoms with van der Waals surface area (Å²) in [7, 11) is 2.08. The van der Waals surface area contributed by atoms with Gasteiger partial charge in [0.2, 0.25) is 17.7 Å². The average Bonchev–Trinajstić information content (AvgIpc) is 3.66. The molecule has 15 nitrogen and oxygen atoms in total. The van der Waals surface area contributed by atoms with Crippen molar-refractivity contribution in [3.63, 3.8) is 0 Å². The van der Waals surface area contributed by atoms with E-state index in [-0.39, 0.29) is 53.4 Å². The van der Waals surface area contributed by atoms with Crippen LogP contribution in [0.1, 0.15) is 125 Å². The minimum absolute atomic E-state index is 0.0285. The number of hydrogen-bond acceptors (Lipinski definition) is 12. The zero-order chi connectivity index (χ0) is 43.3. The maximum atomic E-state index is 14.2. The first kappa shape index (κ1) is 43.0. The van der Waals surface area contributed by atoms with Crippen LogP contribution in [0.4, 0.5) is 14.5 Å². The number of aryl methyl sites for hydroxylation is 1. The van der Waals surface area contributed by atoms with E-state index in [9.17, 15) is 32.8 Å². The Morgan fingerprint density at radius 3 is 2.61 bits per heavy atom. The standard InChI is InChI=1S/C45H52F2N8O7/c1-53(19-3-20-61-21-18-49-34-5-2-4-33-39(34)45(60)55(44(33)59)36-14-15-38(57)51-42(36)58)24-28-9-12-32(13-10-28)54-25-30(40(52-54)41(46)47)23-37(56)35-26-62-43(50-35)29-16-17-48-31(22-29)11-8-27-6-7-27/h2,4-5,16-17,22,25-28,32,36,41,49H,3,6-15,18-21,23-24H2,1H3,(H,51,57,58). The normalized spacial score (nSPS) is 20.3. The third-order valence-corrected chi connectivity index (χ3v) is 12.4. The number of Topliss-reactive ketones (excluding diaryl/α,β-unsaturated/α-hetero) is 1. The molecule has 4 aromatic rings. The first-order valence-corrected chi connectivity index (χ1v) is 21.7. The topological polar surface area (TPSA) is 182 Å². The third-order valence-electron chi connectivity index (χ3n) is 12.4. The second-order valence-electron chi connectivity index (χ2n) is 17.0. The fourth-order valence-electron chi connectivity index (χ4n) is 8.84. The van der Waals surface area contributed by atoms with Crippen LogP contribution in [0.5, 0.6) is 0 Å². The van der Waals surface area contributed by atoms with E-state index in [2.05, 4.69) is 37.6 Å². The number of pyridine rings is 1. The predicted molar refractivity (Wildman–Crippen MR) is 222 cm³/mol. The van der Waals surface area contributed by atoms with Crippen molar-refractivity contribution in [2.75, 3.05) is 45.2 Å². The molecule has 4 aliphatic rings. The van der Waals surface area contributed by atoms with E-state index >= 15 is 0 Å². The second-order valence-corrected chi connectivity index (χ2v) is 17.0. The number of nitrogens with zero attached hydrogens (tertiary/aromatic N) is 6. The van der Waals surface area contributed by atoms with E-state index in [0.717, 1.165) is 80.1 Å². The molecule has 4 amide bonds. The maximum absolute atomic E-state index is 14.2. The fraction of sp³-hybridized carbons (Fsp3) is 0.511. The summed E-state index contributed by atoms with van der Waals surface area (Å²) in [6, 6.07) is 7.60. The Balaban J connectivity index is 0.741. The molecule has 1 atom stereocenters. The number of carbonyl (C=O) groups excluding carboxylic acids is 5. The van der Waals surface area contributed by atoms with Gasteiger partial charge >= 0.3 is 0 Å². The number of imide groups is 2. The lowest BCUT2D eigenvalue weighted by Crippen LogP contribution is -2.54. The van der Waals surface area contributed by atoms with Crippen molar-refractivity contribution in [1.29, 1.82) is 0 Å². The summed E-state index contributed by atoms with van der Waals surface area (Å²) >= 11 is 0. The predicted octanol–water partition coefficient (Wildman–Crippen LogP) is 6.22. The SMILES string of the molecule is CN(CCCOCCNc1cccc2c1C(=O)N(C1CCC(=O)NC1=O)C2=O)CC1CCC(n2cc(CC(=O)c3coc(-c4ccnc(CCC5CC5)c4)n3)c(C(F)F)n2)CC1. The average molecular weight is 855 g/mol. The van der Waals surface area contributed by atoms with Crippen LogP contribution < -0.4 is 10.6 Å². The smallest absolute Gasteiger partial charge is 0.282 e. The van der Waals surface area contributed by atoms with E-state index in [0.29, 0.717) is 37.3 Å². The summed E-state index contributed by atoms with van der Waals surface area (Å²) in [6.45, 7) is 3.04. The van der Waals surface area contributed by atoms with Crippen molar-refractivity contribution in [3.05, 3.63) is 82.8 Å². The first-order valence-electron chi connectivity index (χ1n) is 21.7. The number of benzene rings is 1. The molecule has 2 N–H and O–H groups in total. The van der Waals surface area contributed by atoms with Gasteiger partial charge in [-0.25, -0.2) is 13.8 Å². The summed E-state index contributed by atoms with van der Waals surface area (Å²) < 4.78 is 41.5. The van der Waals surface area contributed by atoms with Gasteiger partial charge < -0.3 is 19.4 Å². The Bertz CT molecular complexity index is 2300. The van der Waals surface area contributed by atoms with Gasteiger partial charge in [-0.05, 0) is 94.5 Å². The highest BCUT2D eigenvalue weighted by molar-refractivity contribution is 6.25. The quantitative estimate of drug-likeness (QED) is 0.0583. The fourth-order valence-corrected chi connectivity index (χ4v) is 8.84. The van der Waals surface area contributed by atoms with Gasteiger partial charge in [-0.3, -0.25) is 43.9 Å². The molecule has 2 aliphatic heterocycles. The zero-order valence-corrected chi connectivity index (χ0v) is 34.8. The molecular weight excluding hydrogens is 803 g/mol. The Hall–Kier alpha value is -5.68. The molecule has 1 unspecified atom stereocenters. The van der Waals surface area contributed by atoms with E-state index in [1.54, 1.807) is 41.3 Å². The van der Waals surface area contributed by atoms with Gasteiger partial charge in [0.05, 0.1) is 23.8 Å². The number of alkyl halides is 2. The van der Waals surface area contributed by atoms with Crippen molar-refractivity contribution in [1.82, 2.24) is 34.9 Å². The molecule has 5 heterocycles. The van der Waals surface area contributed by atoms with Gasteiger partial charge in [0.15, 0.2) is 5.78 Å². The van der Waals surface area contributed by atoms with Crippen molar-refractivity contribution >= 4 is 35.1 Å². The molecule has 62 heavy (non-hydrogen) atoms. The summed E-state index contributed by atoms with van der Waals surface area (Å²) in [5.41, 5.74) is 2.50. The highest BCUT2D eigenvalue weighted by Gasteiger charge is 2.45. The van der Waals surface area contributed by atoms with Gasteiger partial charge in [0, 0.05) is 74.0 Å². The number of hydrogen-bond donors (Lipinski definition) is 2. The first-order chi connectivity index (χ1) is 30.0. The van der Waals surface area contributed by atoms with Crippen LogP contribution in [-0.2, 0) is 27.2 Å². The molecule has 8 rings (SSSR count). The summed E-state index contributed by atoms with van der Waals surface area (Å²) in [5.74, 6) is -1.06. The summed E-state index contributed by atoms with van der Waals surface area (Å²) in [5, 5.41) is 9.68. The number of ether oxygens (including phenoxy) is 1. The number of ketones is 1. The van der Waals surface area contributed by atoms with Crippen molar-refractivity contribution in [3.8, 4) is 11.5 Å². The third kappa shape index (κ3) is 9.99. The number of piperidine rings is 1. The highest BCUT2D eigenvalue weighted by Crippen LogP contribution is 2.36. The molecule has 0 spiro atoms. The number of aromatic nitrogens is 4. The van der Waals surface area contributed by atoms with E-state index in [1.165, 1.54) is 19.1 Å². The van der Waals surface area contributed by atoms with Crippen LogP contribution in [-0.4, -0.2) is 105 Å². The van der Waals surface area contributed by atoms with Gasteiger partial charge in [0.25, 0.3) is 18.2 Å². The Labute approximate surface area is 358 Å². The van der Waals surface area contributed by atoms with Crippen molar-refractivity contribution < 1.29 is 41.9 Å². The highest BCUT2D eigenvalue weighted by atomic mass is 19.3. The molecule has 3 fully saturated rings. The number of rotatable bonds is 20. The molecular formula is C45H52F2N8O7. The number of amides is 4. The van der Waals surface area contributed by atoms with Gasteiger partial charge in [0.1, 0.15) is 23.7 Å². The Kier molecular flexibility index (Phi) is 13.3. The second kappa shape index (κ2) is 19.2. The number of carbonyl (C=O) groups is 5. The number of halogens is 2. The lowest BCUT2D eigenvalue weighted by molar-refractivity contribution is -0.136. The van der Waals surface area contributed by atoms with Crippen LogP contribution in [0.25, 0.3) is 11.5 Å². The molecule has 0 radical (unpaired) electrons. The minimum atomic E-state index is -2.81. The van der Waals surface area contributed by atoms with Crippen LogP contribution in [0.3, 0.4) is 0 Å². The van der Waals surface area contributed by atoms with Crippen molar-refractivity contribution in [2.24, 2.45) is 11.8 Å². The minimum Gasteiger partial charge on any atom is -0.444 e. The lowest BCUT2D eigenvalue weighted by atomic mass is 9.86. The van der Waals surface area contributed by atoms with Gasteiger partial charge in [-0.1, -0.05) is 18.9 Å². The molecule has 1 saturated heterocycles. The molecule has 17 heteroatoms. The van der Waals surface area contributed by atoms with E-state index in [4.69, 9.17) is 9.15 Å². The van der Waals surface area contributed by atoms with Crippen LogP contribution in [0.2, 0.25) is 0 Å². The summed E-state index contributed by atoms with van der Waals surface area (Å²) in [4.78, 5) is 75.7. The van der Waals surface area contributed by atoms with Crippen LogP contribution >= 0.6 is 0 Å². The largest absolute Gasteiger partial charge is 0.444 e. The molecule has 2 aliphatic carbocycles. The van der Waals surface area contributed by atoms with Crippen molar-refractivity contribution in [2.45, 2.75) is 95.6 Å². The van der Waals surface area contributed by atoms with Gasteiger partial charge in [-0.15, -0.1) is 0 Å². The van der Waals surface area contributed by atoms with Crippen LogP contribution in [0.15, 0.2) is 53.4 Å². The number of oxazole rings is 1. The molecule has 1 aromatic carbocycles. The molecule has 0 bridgehead atoms. The number of anilines is 1. The number of fused-ring (bicyclic) bond motifs is 1. The summed E-state index contributed by atoms with van der Waals surface area (Å²) in [6.07, 6.45) is 10.5. The van der Waals surface area contributed by atoms with Gasteiger partial charge in [-0.2, -0.15) is 5.10 Å². The zero-order valence-electron chi connectivity index (χ0n) is 34.8. The maximum Gasteiger partial charge on any atom is 0.282 e. The Morgan fingerprint density at radius 1 is 1.03 bits per heavy atom.